The van der Waals surface area contributed by atoms with Gasteiger partial charge in [0.1, 0.15) is 11.2 Å². The second kappa shape index (κ2) is 10.1. The van der Waals surface area contributed by atoms with E-state index >= 15 is 0 Å². The Morgan fingerprint density at radius 1 is 1.13 bits per heavy atom. The molecule has 0 fully saturated rings. The van der Waals surface area contributed by atoms with Crippen molar-refractivity contribution in [2.45, 2.75) is 66.3 Å². The van der Waals surface area contributed by atoms with Gasteiger partial charge in [-0.1, -0.05) is 13.8 Å². The number of hydrogen-bond acceptors (Lipinski definition) is 5. The maximum atomic E-state index is 12.6. The molecule has 0 aliphatic carbocycles. The van der Waals surface area contributed by atoms with Gasteiger partial charge in [0.15, 0.2) is 0 Å². The molecule has 3 rings (SSSR count). The lowest BCUT2D eigenvalue weighted by atomic mass is 10.0. The standard InChI is InChI=1S/C25H34N2O4/c1-6-27(7-2)12-8-9-17(4)26-24(28)11-10-19-18(5)21-13-20-16(3)15-30-22(20)14-23(21)31-25(19)29/h13-15,17H,6-12H2,1-5H3,(H,26,28). The monoisotopic (exact) mass is 426 g/mol. The summed E-state index contributed by atoms with van der Waals surface area (Å²) in [5.41, 5.74) is 3.31. The van der Waals surface area contributed by atoms with Crippen molar-refractivity contribution in [3.8, 4) is 0 Å². The normalized spacial score (nSPS) is 12.7. The molecule has 1 amide bonds. The highest BCUT2D eigenvalue weighted by Gasteiger charge is 2.16. The number of nitrogens with zero attached hydrogens (tertiary/aromatic N) is 1. The lowest BCUT2D eigenvalue weighted by molar-refractivity contribution is -0.121. The van der Waals surface area contributed by atoms with E-state index in [-0.39, 0.29) is 24.0 Å². The van der Waals surface area contributed by atoms with Crippen LogP contribution in [0.3, 0.4) is 0 Å². The number of rotatable bonds is 10. The highest BCUT2D eigenvalue weighted by molar-refractivity contribution is 5.96. The highest BCUT2D eigenvalue weighted by atomic mass is 16.4. The SMILES string of the molecule is CCN(CC)CCCC(C)NC(=O)CCc1c(C)c2cc3c(C)coc3cc2oc1=O. The molecule has 168 valence electrons. The predicted octanol–water partition coefficient (Wildman–Crippen LogP) is 4.72. The fraction of sp³-hybridized carbons (Fsp3) is 0.520. The molecule has 2 heterocycles. The summed E-state index contributed by atoms with van der Waals surface area (Å²) < 4.78 is 11.1. The van der Waals surface area contributed by atoms with Crippen LogP contribution in [0.2, 0.25) is 0 Å². The topological polar surface area (TPSA) is 75.7 Å². The zero-order chi connectivity index (χ0) is 22.5. The number of nitrogens with one attached hydrogen (secondary N) is 1. The molecule has 1 N–H and O–H groups in total. The van der Waals surface area contributed by atoms with Gasteiger partial charge in [0.05, 0.1) is 6.26 Å². The number of benzene rings is 1. The molecule has 1 aromatic carbocycles. The van der Waals surface area contributed by atoms with Crippen molar-refractivity contribution in [3.63, 3.8) is 0 Å². The number of carbonyl (C=O) groups is 1. The molecule has 6 heteroatoms. The fourth-order valence-corrected chi connectivity index (χ4v) is 4.14. The second-order valence-electron chi connectivity index (χ2n) is 8.39. The number of hydrogen-bond donors (Lipinski definition) is 1. The number of aryl methyl sites for hydroxylation is 2. The maximum absolute atomic E-state index is 12.6. The second-order valence-corrected chi connectivity index (χ2v) is 8.39. The van der Waals surface area contributed by atoms with Crippen LogP contribution in [0.15, 0.2) is 32.0 Å². The first kappa shape index (κ1) is 23.1. The summed E-state index contributed by atoms with van der Waals surface area (Å²) in [4.78, 5) is 27.4. The van der Waals surface area contributed by atoms with Crippen molar-refractivity contribution in [2.24, 2.45) is 0 Å². The Labute approximate surface area is 183 Å². The third-order valence-corrected chi connectivity index (χ3v) is 6.19. The Balaban J connectivity index is 1.63. The Kier molecular flexibility index (Phi) is 7.55. The summed E-state index contributed by atoms with van der Waals surface area (Å²) in [6.07, 6.45) is 4.33. The van der Waals surface area contributed by atoms with Crippen molar-refractivity contribution in [2.75, 3.05) is 19.6 Å². The smallest absolute Gasteiger partial charge is 0.339 e. The highest BCUT2D eigenvalue weighted by Crippen LogP contribution is 2.29. The van der Waals surface area contributed by atoms with Crippen LogP contribution in [-0.2, 0) is 11.2 Å². The third kappa shape index (κ3) is 5.37. The van der Waals surface area contributed by atoms with Crippen LogP contribution < -0.4 is 10.9 Å². The molecule has 6 nitrogen and oxygen atoms in total. The molecule has 0 aliphatic rings. The van der Waals surface area contributed by atoms with E-state index in [1.807, 2.05) is 26.8 Å². The van der Waals surface area contributed by atoms with Crippen LogP contribution in [0.1, 0.15) is 56.7 Å². The summed E-state index contributed by atoms with van der Waals surface area (Å²) in [5.74, 6) is -0.0321. The average Bonchev–Trinajstić information content (AvgIpc) is 3.09. The Hall–Kier alpha value is -2.60. The van der Waals surface area contributed by atoms with Gasteiger partial charge in [0, 0.05) is 34.9 Å². The van der Waals surface area contributed by atoms with E-state index in [1.54, 1.807) is 12.3 Å². The van der Waals surface area contributed by atoms with Crippen LogP contribution in [0.5, 0.6) is 0 Å². The summed E-state index contributed by atoms with van der Waals surface area (Å²) in [7, 11) is 0. The Morgan fingerprint density at radius 2 is 1.87 bits per heavy atom. The van der Waals surface area contributed by atoms with Crippen LogP contribution in [-0.4, -0.2) is 36.5 Å². The molecular formula is C25H34N2O4. The Bertz CT molecular complexity index is 1110. The molecule has 0 radical (unpaired) electrons. The van der Waals surface area contributed by atoms with Gasteiger partial charge in [-0.05, 0) is 76.9 Å². The number of fused-ring (bicyclic) bond motifs is 2. The van der Waals surface area contributed by atoms with Crippen molar-refractivity contribution in [3.05, 3.63) is 45.5 Å². The molecule has 0 saturated heterocycles. The fourth-order valence-electron chi connectivity index (χ4n) is 4.14. The lowest BCUT2D eigenvalue weighted by Gasteiger charge is -2.19. The van der Waals surface area contributed by atoms with E-state index in [0.717, 1.165) is 54.4 Å². The van der Waals surface area contributed by atoms with Crippen molar-refractivity contribution in [1.82, 2.24) is 10.2 Å². The molecule has 0 aliphatic heterocycles. The van der Waals surface area contributed by atoms with Gasteiger partial charge in [0.2, 0.25) is 5.91 Å². The third-order valence-electron chi connectivity index (χ3n) is 6.19. The van der Waals surface area contributed by atoms with E-state index in [2.05, 4.69) is 24.1 Å². The average molecular weight is 427 g/mol. The summed E-state index contributed by atoms with van der Waals surface area (Å²) in [6.45, 7) is 13.4. The summed E-state index contributed by atoms with van der Waals surface area (Å²) in [6, 6.07) is 3.89. The zero-order valence-corrected chi connectivity index (χ0v) is 19.3. The van der Waals surface area contributed by atoms with Crippen molar-refractivity contribution in [1.29, 1.82) is 0 Å². The molecule has 3 aromatic rings. The van der Waals surface area contributed by atoms with Gasteiger partial charge < -0.3 is 19.1 Å². The lowest BCUT2D eigenvalue weighted by Crippen LogP contribution is -2.34. The van der Waals surface area contributed by atoms with Crippen LogP contribution in [0, 0.1) is 13.8 Å². The van der Waals surface area contributed by atoms with E-state index in [4.69, 9.17) is 8.83 Å². The van der Waals surface area contributed by atoms with E-state index in [0.29, 0.717) is 23.2 Å². The van der Waals surface area contributed by atoms with Crippen LogP contribution in [0.25, 0.3) is 21.9 Å². The first-order chi connectivity index (χ1) is 14.8. The first-order valence-electron chi connectivity index (χ1n) is 11.3. The van der Waals surface area contributed by atoms with Gasteiger partial charge in [-0.25, -0.2) is 4.79 Å². The molecule has 0 bridgehead atoms. The van der Waals surface area contributed by atoms with Crippen molar-refractivity contribution >= 4 is 27.8 Å². The molecule has 0 spiro atoms. The minimum Gasteiger partial charge on any atom is -0.464 e. The van der Waals surface area contributed by atoms with Gasteiger partial charge in [-0.15, -0.1) is 0 Å². The minimum atomic E-state index is -0.382. The first-order valence-corrected chi connectivity index (χ1v) is 11.3. The number of carbonyl (C=O) groups excluding carboxylic acids is 1. The zero-order valence-electron chi connectivity index (χ0n) is 19.3. The van der Waals surface area contributed by atoms with Crippen LogP contribution >= 0.6 is 0 Å². The number of furan rings is 1. The molecule has 1 atom stereocenters. The quantitative estimate of drug-likeness (QED) is 0.475. The maximum Gasteiger partial charge on any atom is 0.339 e. The van der Waals surface area contributed by atoms with Crippen molar-refractivity contribution < 1.29 is 13.6 Å². The van der Waals surface area contributed by atoms with Gasteiger partial charge in [-0.3, -0.25) is 4.79 Å². The summed E-state index contributed by atoms with van der Waals surface area (Å²) >= 11 is 0. The van der Waals surface area contributed by atoms with E-state index < -0.39 is 0 Å². The molecule has 31 heavy (non-hydrogen) atoms. The predicted molar refractivity (Wildman–Crippen MR) is 125 cm³/mol. The van der Waals surface area contributed by atoms with E-state index in [1.165, 1.54) is 0 Å². The van der Waals surface area contributed by atoms with Gasteiger partial charge >= 0.3 is 5.63 Å². The molecular weight excluding hydrogens is 392 g/mol. The minimum absolute atomic E-state index is 0.0321. The van der Waals surface area contributed by atoms with E-state index in [9.17, 15) is 9.59 Å². The summed E-state index contributed by atoms with van der Waals surface area (Å²) in [5, 5.41) is 4.95. The van der Waals surface area contributed by atoms with Gasteiger partial charge in [-0.2, -0.15) is 0 Å². The number of amides is 1. The largest absolute Gasteiger partial charge is 0.464 e. The Morgan fingerprint density at radius 3 is 2.58 bits per heavy atom. The molecule has 1 unspecified atom stereocenters. The van der Waals surface area contributed by atoms with Gasteiger partial charge in [0.25, 0.3) is 0 Å². The van der Waals surface area contributed by atoms with Crippen LogP contribution in [0.4, 0.5) is 0 Å². The molecule has 0 saturated carbocycles. The molecule has 2 aromatic heterocycles.